The first kappa shape index (κ1) is 14.5. The topological polar surface area (TPSA) is 78.2 Å². The molecule has 0 spiro atoms. The number of rotatable bonds is 5. The summed E-state index contributed by atoms with van der Waals surface area (Å²) in [7, 11) is 0. The summed E-state index contributed by atoms with van der Waals surface area (Å²) < 4.78 is 0. The highest BCUT2D eigenvalue weighted by Gasteiger charge is 2.09. The minimum atomic E-state index is -0.924. The normalized spacial score (nSPS) is 9.86. The Kier molecular flexibility index (Phi) is 4.47. The van der Waals surface area contributed by atoms with E-state index < -0.39 is 5.97 Å². The molecule has 4 heteroatoms. The van der Waals surface area contributed by atoms with Crippen LogP contribution in [0.1, 0.15) is 27.0 Å². The summed E-state index contributed by atoms with van der Waals surface area (Å²) >= 11 is 0. The lowest BCUT2D eigenvalue weighted by Crippen LogP contribution is -2.06. The fraction of sp³-hybridized carbons (Fsp3) is 0.118. The standard InChI is InChI=1S/C17H13NO3/c18-11-13-6-4-12(5-7-13)9-16(19)15-3-1-2-14(8-15)10-17(20)21/h1-8H,9-10H2,(H,20,21). The van der Waals surface area contributed by atoms with E-state index in [9.17, 15) is 9.59 Å². The number of ketones is 1. The van der Waals surface area contributed by atoms with Crippen molar-refractivity contribution < 1.29 is 14.7 Å². The molecule has 2 aromatic rings. The van der Waals surface area contributed by atoms with E-state index in [1.165, 1.54) is 0 Å². The van der Waals surface area contributed by atoms with Crippen LogP contribution in [0.2, 0.25) is 0 Å². The number of Topliss-reactive ketones (excluding diaryl/α,β-unsaturated/α-hetero) is 1. The smallest absolute Gasteiger partial charge is 0.307 e. The Hall–Kier alpha value is -2.93. The van der Waals surface area contributed by atoms with Crippen molar-refractivity contribution in [2.45, 2.75) is 12.8 Å². The Bertz CT molecular complexity index is 712. The molecule has 0 bridgehead atoms. The number of benzene rings is 2. The Balaban J connectivity index is 2.12. The van der Waals surface area contributed by atoms with Crippen molar-refractivity contribution in [3.8, 4) is 6.07 Å². The average Bonchev–Trinajstić information content (AvgIpc) is 2.47. The van der Waals surface area contributed by atoms with Crippen LogP contribution in [-0.4, -0.2) is 16.9 Å². The Morgan fingerprint density at radius 1 is 1.00 bits per heavy atom. The number of aliphatic carboxylic acids is 1. The Morgan fingerprint density at radius 3 is 2.33 bits per heavy atom. The van der Waals surface area contributed by atoms with Crippen LogP contribution >= 0.6 is 0 Å². The summed E-state index contributed by atoms with van der Waals surface area (Å²) in [6.45, 7) is 0. The summed E-state index contributed by atoms with van der Waals surface area (Å²) in [5, 5.41) is 17.5. The van der Waals surface area contributed by atoms with Crippen LogP contribution in [0.4, 0.5) is 0 Å². The zero-order valence-electron chi connectivity index (χ0n) is 11.2. The fourth-order valence-electron chi connectivity index (χ4n) is 2.01. The molecule has 104 valence electrons. The average molecular weight is 279 g/mol. The third-order valence-corrected chi connectivity index (χ3v) is 3.05. The minimum absolute atomic E-state index is 0.0769. The molecular formula is C17H13NO3. The molecular weight excluding hydrogens is 266 g/mol. The highest BCUT2D eigenvalue weighted by Crippen LogP contribution is 2.11. The van der Waals surface area contributed by atoms with Gasteiger partial charge in [0.15, 0.2) is 5.78 Å². The lowest BCUT2D eigenvalue weighted by Gasteiger charge is -2.04. The number of carboxylic acid groups (broad SMARTS) is 1. The largest absolute Gasteiger partial charge is 0.481 e. The van der Waals surface area contributed by atoms with Gasteiger partial charge in [0.1, 0.15) is 0 Å². The Labute approximate surface area is 122 Å². The molecule has 21 heavy (non-hydrogen) atoms. The van der Waals surface area contributed by atoms with Crippen LogP contribution in [0.5, 0.6) is 0 Å². The zero-order chi connectivity index (χ0) is 15.2. The van der Waals surface area contributed by atoms with Crippen molar-refractivity contribution in [3.05, 3.63) is 70.8 Å². The van der Waals surface area contributed by atoms with Crippen LogP contribution in [0.3, 0.4) is 0 Å². The van der Waals surface area contributed by atoms with Gasteiger partial charge in [-0.1, -0.05) is 30.3 Å². The van der Waals surface area contributed by atoms with Gasteiger partial charge >= 0.3 is 5.97 Å². The summed E-state index contributed by atoms with van der Waals surface area (Å²) in [6, 6.07) is 15.5. The minimum Gasteiger partial charge on any atom is -0.481 e. The number of carboxylic acids is 1. The van der Waals surface area contributed by atoms with E-state index in [4.69, 9.17) is 10.4 Å². The van der Waals surface area contributed by atoms with E-state index in [2.05, 4.69) is 0 Å². The summed E-state index contributed by atoms with van der Waals surface area (Å²) in [6.07, 6.45) is 0.125. The summed E-state index contributed by atoms with van der Waals surface area (Å²) in [4.78, 5) is 22.9. The molecule has 0 saturated heterocycles. The lowest BCUT2D eigenvalue weighted by molar-refractivity contribution is -0.136. The van der Waals surface area contributed by atoms with Crippen molar-refractivity contribution in [2.24, 2.45) is 0 Å². The molecule has 0 heterocycles. The van der Waals surface area contributed by atoms with Gasteiger partial charge in [-0.25, -0.2) is 0 Å². The van der Waals surface area contributed by atoms with Crippen molar-refractivity contribution >= 4 is 11.8 Å². The van der Waals surface area contributed by atoms with Crippen LogP contribution in [-0.2, 0) is 17.6 Å². The van der Waals surface area contributed by atoms with Crippen LogP contribution in [0.15, 0.2) is 48.5 Å². The predicted octanol–water partition coefficient (Wildman–Crippen LogP) is 2.61. The second-order valence-corrected chi connectivity index (χ2v) is 4.68. The lowest BCUT2D eigenvalue weighted by atomic mass is 10.00. The van der Waals surface area contributed by atoms with Gasteiger partial charge in [0.25, 0.3) is 0 Å². The first-order valence-corrected chi connectivity index (χ1v) is 6.41. The number of carbonyl (C=O) groups is 2. The maximum absolute atomic E-state index is 12.2. The third-order valence-electron chi connectivity index (χ3n) is 3.05. The molecule has 0 radical (unpaired) electrons. The number of nitriles is 1. The van der Waals surface area contributed by atoms with Gasteiger partial charge in [-0.3, -0.25) is 9.59 Å². The maximum atomic E-state index is 12.2. The molecule has 0 aliphatic heterocycles. The van der Waals surface area contributed by atoms with Crippen LogP contribution in [0.25, 0.3) is 0 Å². The molecule has 0 aliphatic carbocycles. The second kappa shape index (κ2) is 6.49. The molecule has 0 fully saturated rings. The summed E-state index contributed by atoms with van der Waals surface area (Å²) in [5.74, 6) is -1.00. The van der Waals surface area contributed by atoms with Crippen molar-refractivity contribution in [3.63, 3.8) is 0 Å². The van der Waals surface area contributed by atoms with Crippen molar-refractivity contribution in [1.82, 2.24) is 0 Å². The molecule has 0 aliphatic rings. The second-order valence-electron chi connectivity index (χ2n) is 4.68. The number of hydrogen-bond donors (Lipinski definition) is 1. The molecule has 0 amide bonds. The highest BCUT2D eigenvalue weighted by atomic mass is 16.4. The number of hydrogen-bond acceptors (Lipinski definition) is 3. The summed E-state index contributed by atoms with van der Waals surface area (Å²) in [5.41, 5.74) is 2.48. The van der Waals surface area contributed by atoms with E-state index in [0.717, 1.165) is 5.56 Å². The monoisotopic (exact) mass is 279 g/mol. The first-order chi connectivity index (χ1) is 10.1. The van der Waals surface area contributed by atoms with Gasteiger partial charge in [-0.2, -0.15) is 5.26 Å². The molecule has 2 rings (SSSR count). The SMILES string of the molecule is N#Cc1ccc(CC(=O)c2cccc(CC(=O)O)c2)cc1. The fourth-order valence-corrected chi connectivity index (χ4v) is 2.01. The van der Waals surface area contributed by atoms with Gasteiger partial charge in [0, 0.05) is 12.0 Å². The molecule has 0 aromatic heterocycles. The zero-order valence-corrected chi connectivity index (χ0v) is 11.2. The molecule has 0 unspecified atom stereocenters. The van der Waals surface area contributed by atoms with Gasteiger partial charge in [-0.15, -0.1) is 0 Å². The number of nitrogens with zero attached hydrogens (tertiary/aromatic N) is 1. The van der Waals surface area contributed by atoms with E-state index in [1.807, 2.05) is 6.07 Å². The molecule has 4 nitrogen and oxygen atoms in total. The first-order valence-electron chi connectivity index (χ1n) is 6.41. The van der Waals surface area contributed by atoms with E-state index in [1.54, 1.807) is 48.5 Å². The Morgan fingerprint density at radius 2 is 1.71 bits per heavy atom. The van der Waals surface area contributed by atoms with E-state index >= 15 is 0 Å². The van der Waals surface area contributed by atoms with Crippen LogP contribution < -0.4 is 0 Å². The highest BCUT2D eigenvalue weighted by molar-refractivity contribution is 5.97. The molecule has 1 N–H and O–H groups in total. The quantitative estimate of drug-likeness (QED) is 0.853. The van der Waals surface area contributed by atoms with Gasteiger partial charge in [0.2, 0.25) is 0 Å². The predicted molar refractivity (Wildman–Crippen MR) is 77.0 cm³/mol. The van der Waals surface area contributed by atoms with E-state index in [0.29, 0.717) is 16.7 Å². The van der Waals surface area contributed by atoms with Gasteiger partial charge < -0.3 is 5.11 Å². The van der Waals surface area contributed by atoms with Gasteiger partial charge in [0.05, 0.1) is 18.1 Å². The van der Waals surface area contributed by atoms with E-state index in [-0.39, 0.29) is 18.6 Å². The van der Waals surface area contributed by atoms with Gasteiger partial charge in [-0.05, 0) is 29.3 Å². The molecule has 2 aromatic carbocycles. The molecule has 0 atom stereocenters. The van der Waals surface area contributed by atoms with Crippen LogP contribution in [0, 0.1) is 11.3 Å². The van der Waals surface area contributed by atoms with Crippen molar-refractivity contribution in [1.29, 1.82) is 5.26 Å². The van der Waals surface area contributed by atoms with Crippen molar-refractivity contribution in [2.75, 3.05) is 0 Å². The maximum Gasteiger partial charge on any atom is 0.307 e. The number of carbonyl (C=O) groups excluding carboxylic acids is 1. The third kappa shape index (κ3) is 4.02. The molecule has 0 saturated carbocycles.